The van der Waals surface area contributed by atoms with Crippen molar-refractivity contribution in [3.05, 3.63) is 285 Å². The van der Waals surface area contributed by atoms with Crippen molar-refractivity contribution in [2.45, 2.75) is 272 Å². The molecule has 16 aromatic rings. The molecule has 7 heterocycles. The number of carbonyl (C=O) groups is 1. The third kappa shape index (κ3) is 17.6. The van der Waals surface area contributed by atoms with E-state index in [0.29, 0.717) is 0 Å². The summed E-state index contributed by atoms with van der Waals surface area (Å²) in [4.78, 5) is 23.2. The number of thiophene rings is 5. The molecular weight excluding hydrogens is 1690 g/mol. The average Bonchev–Trinajstić information content (AvgIpc) is 1.55. The van der Waals surface area contributed by atoms with Gasteiger partial charge in [-0.15, -0.1) is 56.7 Å². The van der Waals surface area contributed by atoms with Crippen molar-refractivity contribution in [1.29, 1.82) is 5.26 Å². The summed E-state index contributed by atoms with van der Waals surface area (Å²) in [6.07, 6.45) is 25.3. The van der Waals surface area contributed by atoms with Gasteiger partial charge in [-0.25, -0.2) is 4.79 Å². The van der Waals surface area contributed by atoms with Crippen LogP contribution in [0.2, 0.25) is 0 Å². The lowest BCUT2D eigenvalue weighted by Gasteiger charge is -2.33. The molecule has 18 rings (SSSR count). The number of nitrogens with zero attached hydrogens (tertiary/aromatic N) is 4. The molecule has 9 aromatic carbocycles. The zero-order valence-electron chi connectivity index (χ0n) is 79.8. The van der Waals surface area contributed by atoms with Crippen molar-refractivity contribution in [2.75, 3.05) is 4.90 Å². The van der Waals surface area contributed by atoms with Crippen molar-refractivity contribution in [2.24, 2.45) is 0 Å². The molecule has 0 fully saturated rings. The second-order valence-corrected chi connectivity index (χ2v) is 47.1. The molecule has 0 bridgehead atoms. The second kappa shape index (κ2) is 36.9. The summed E-state index contributed by atoms with van der Waals surface area (Å²) in [6.45, 7) is 37.5. The predicted molar refractivity (Wildman–Crippen MR) is 570 cm³/mol. The minimum Gasteiger partial charge on any atom is -0.477 e. The van der Waals surface area contributed by atoms with E-state index in [1.165, 1.54) is 293 Å². The Kier molecular flexibility index (Phi) is 25.6. The molecule has 0 saturated carbocycles. The summed E-state index contributed by atoms with van der Waals surface area (Å²) in [5.41, 5.74) is 28.8. The number of carboxylic acid groups (broad SMARTS) is 1. The van der Waals surface area contributed by atoms with E-state index in [-0.39, 0.29) is 38.1 Å². The maximum absolute atomic E-state index is 11.7. The number of anilines is 3. The minimum atomic E-state index is -1.22. The largest absolute Gasteiger partial charge is 0.477 e. The first-order valence-electron chi connectivity index (χ1n) is 48.6. The van der Waals surface area contributed by atoms with Gasteiger partial charge in [-0.1, -0.05) is 286 Å². The SMILES string of the molecule is CCCCCCC1(CCCCCC)c2cc(-c3ccc(N(c4ccc(-c5ccc(-c6ccc(-c7ccc(/C=C(\C#N)C(=O)O)s7)s6)s5)cc4)c4ccc(-c5ccc6c(c5)C(CCCCCC)(CCCCCC)c5cc(-n7c8ccc(C(C)(C)C)cc8c8cc(C(C)(C)C)ccc87)ccc5-6)s4)s3)ccc2-c2ccc(-n3c4ccc(C(C)(C)C)cc4c4cc(C(C)(C)C)ccc43)cc21. The number of hydrogen-bond acceptors (Lipinski definition) is 8. The van der Waals surface area contributed by atoms with Crippen LogP contribution in [0.15, 0.2) is 236 Å². The Morgan fingerprint density at radius 2 is 0.656 bits per heavy atom. The molecule has 7 aromatic heterocycles. The molecule has 1 N–H and O–H groups in total. The standard InChI is InChI=1S/C120H128N4O2S5/c1-17-21-25-29-63-119(64-30-26-22-18-2)97-68-78(35-46-89(97)91-48-43-86(74-99(91)119)122-101-50-37-81(115(5,6)7)70-93(101)94-71-82(116(8,9)10)38-51-102(94)122)106-59-61-112(130-106)124(85-41-33-77(34-42-85)105-55-56-110(128-105)111-58-57-109(129-111)108-54-45-88(127-108)67-80(76-121)114(125)126)113-62-60-107(131-113)79-36-47-90-92-49-44-87(75-100(92)120(98(90)69-79,65-31-27-23-19-3)66-32-28-24-20-4)123-103-52-39-83(117(11,12)13)72-95(103)96-73-84(118(14,15)16)40-53-104(96)123/h33-62,67-75H,17-32,63-66H2,1-16H3,(H,125,126)/b80-67+. The van der Waals surface area contributed by atoms with Gasteiger partial charge in [0.25, 0.3) is 0 Å². The lowest BCUT2D eigenvalue weighted by Crippen LogP contribution is -2.26. The van der Waals surface area contributed by atoms with Crippen LogP contribution in [0.4, 0.5) is 15.7 Å². The number of aromatic nitrogens is 2. The normalized spacial score (nSPS) is 13.7. The quantitative estimate of drug-likeness (QED) is 0.0259. The first-order chi connectivity index (χ1) is 63.0. The van der Waals surface area contributed by atoms with Gasteiger partial charge in [0.2, 0.25) is 0 Å². The van der Waals surface area contributed by atoms with E-state index in [1.54, 1.807) is 22.7 Å². The summed E-state index contributed by atoms with van der Waals surface area (Å²) < 4.78 is 5.19. The van der Waals surface area contributed by atoms with Crippen LogP contribution < -0.4 is 4.90 Å². The Morgan fingerprint density at radius 3 is 1.01 bits per heavy atom. The summed E-state index contributed by atoms with van der Waals surface area (Å²) >= 11 is 8.85. The van der Waals surface area contributed by atoms with Gasteiger partial charge >= 0.3 is 5.97 Å². The second-order valence-electron chi connectivity index (χ2n) is 41.6. The number of rotatable bonds is 32. The molecule has 0 unspecified atom stereocenters. The fourth-order valence-electron chi connectivity index (χ4n) is 21.2. The molecule has 0 aliphatic heterocycles. The highest BCUT2D eigenvalue weighted by molar-refractivity contribution is 7.27. The van der Waals surface area contributed by atoms with Gasteiger partial charge in [0.1, 0.15) is 21.6 Å². The van der Waals surface area contributed by atoms with Crippen LogP contribution in [0, 0.1) is 11.3 Å². The van der Waals surface area contributed by atoms with E-state index in [9.17, 15) is 15.2 Å². The molecule has 131 heavy (non-hydrogen) atoms. The number of fused-ring (bicyclic) bond motifs is 12. The van der Waals surface area contributed by atoms with E-state index in [2.05, 4.69) is 343 Å². The van der Waals surface area contributed by atoms with Crippen LogP contribution >= 0.6 is 56.7 Å². The van der Waals surface area contributed by atoms with E-state index in [0.717, 1.165) is 46.0 Å². The van der Waals surface area contributed by atoms with Crippen LogP contribution in [-0.4, -0.2) is 20.2 Å². The summed E-state index contributed by atoms with van der Waals surface area (Å²) in [5.74, 6) is -1.22. The van der Waals surface area contributed by atoms with E-state index >= 15 is 0 Å². The first kappa shape index (κ1) is 91.1. The number of unbranched alkanes of at least 4 members (excludes halogenated alkanes) is 12. The molecule has 0 saturated heterocycles. The lowest BCUT2D eigenvalue weighted by atomic mass is 9.70. The highest BCUT2D eigenvalue weighted by Gasteiger charge is 2.45. The van der Waals surface area contributed by atoms with E-state index in [4.69, 9.17) is 0 Å². The highest BCUT2D eigenvalue weighted by atomic mass is 32.1. The van der Waals surface area contributed by atoms with Crippen molar-refractivity contribution >= 4 is 128 Å². The summed E-state index contributed by atoms with van der Waals surface area (Å²) in [7, 11) is 0. The Bertz CT molecular complexity index is 6550. The maximum Gasteiger partial charge on any atom is 0.346 e. The van der Waals surface area contributed by atoms with E-state index < -0.39 is 5.97 Å². The number of aliphatic carboxylic acids is 1. The Labute approximate surface area is 798 Å². The number of hydrogen-bond donors (Lipinski definition) is 1. The highest BCUT2D eigenvalue weighted by Crippen LogP contribution is 2.60. The summed E-state index contributed by atoms with van der Waals surface area (Å²) in [6, 6.07) is 93.1. The zero-order valence-corrected chi connectivity index (χ0v) is 83.9. The van der Waals surface area contributed by atoms with Crippen molar-refractivity contribution < 1.29 is 9.90 Å². The fourth-order valence-corrected chi connectivity index (χ4v) is 26.5. The van der Waals surface area contributed by atoms with Crippen LogP contribution in [0.5, 0.6) is 0 Å². The van der Waals surface area contributed by atoms with Crippen molar-refractivity contribution in [3.63, 3.8) is 0 Å². The summed E-state index contributed by atoms with van der Waals surface area (Å²) in [5, 5.41) is 26.7. The number of nitriles is 1. The van der Waals surface area contributed by atoms with Gasteiger partial charge < -0.3 is 14.2 Å². The average molecular weight is 1820 g/mol. The van der Waals surface area contributed by atoms with Gasteiger partial charge in [-0.2, -0.15) is 5.26 Å². The van der Waals surface area contributed by atoms with Gasteiger partial charge in [-0.05, 0) is 295 Å². The van der Waals surface area contributed by atoms with Crippen molar-refractivity contribution in [3.8, 4) is 90.5 Å². The van der Waals surface area contributed by atoms with Gasteiger partial charge in [-0.3, -0.25) is 4.90 Å². The number of carboxylic acids is 1. The molecule has 2 aliphatic carbocycles. The maximum atomic E-state index is 11.7. The molecular formula is C120H128N4O2S5. The fraction of sp³-hybridized carbons (Fsp3) is 0.350. The third-order valence-electron chi connectivity index (χ3n) is 28.6. The topological polar surface area (TPSA) is 74.2 Å². The Morgan fingerprint density at radius 1 is 0.344 bits per heavy atom. The molecule has 0 atom stereocenters. The molecule has 6 nitrogen and oxygen atoms in total. The van der Waals surface area contributed by atoms with Gasteiger partial charge in [0.15, 0.2) is 0 Å². The smallest absolute Gasteiger partial charge is 0.346 e. The molecule has 670 valence electrons. The predicted octanol–water partition coefficient (Wildman–Crippen LogP) is 37.6. The molecule has 2 aliphatic rings. The molecule has 0 amide bonds. The van der Waals surface area contributed by atoms with Gasteiger partial charge in [0, 0.05) is 88.5 Å². The zero-order chi connectivity index (χ0) is 91.6. The van der Waals surface area contributed by atoms with Crippen molar-refractivity contribution in [1.82, 2.24) is 9.13 Å². The molecule has 11 heteroatoms. The van der Waals surface area contributed by atoms with Gasteiger partial charge in [0.05, 0.1) is 22.1 Å². The Balaban J connectivity index is 0.743. The lowest BCUT2D eigenvalue weighted by molar-refractivity contribution is -0.132. The third-order valence-corrected chi connectivity index (χ3v) is 34.5. The molecule has 0 spiro atoms. The number of benzene rings is 9. The minimum absolute atomic E-state index is 0.00613. The molecule has 0 radical (unpaired) electrons. The van der Waals surface area contributed by atoms with Crippen LogP contribution in [0.3, 0.4) is 0 Å². The van der Waals surface area contributed by atoms with Crippen LogP contribution in [0.1, 0.15) is 289 Å². The van der Waals surface area contributed by atoms with E-state index in [1.807, 2.05) is 40.9 Å². The first-order valence-corrected chi connectivity index (χ1v) is 52.6. The Hall–Kier alpha value is -10.4. The van der Waals surface area contributed by atoms with Crippen LogP contribution in [-0.2, 0) is 37.3 Å². The van der Waals surface area contributed by atoms with Crippen LogP contribution in [0.25, 0.3) is 134 Å². The monoisotopic (exact) mass is 1820 g/mol.